The summed E-state index contributed by atoms with van der Waals surface area (Å²) in [5.74, 6) is 0.0634. The van der Waals surface area contributed by atoms with Crippen molar-refractivity contribution in [2.24, 2.45) is 0 Å². The Morgan fingerprint density at radius 3 is 1.90 bits per heavy atom. The second kappa shape index (κ2) is 9.32. The van der Waals surface area contributed by atoms with Crippen molar-refractivity contribution in [1.29, 1.82) is 0 Å². The van der Waals surface area contributed by atoms with Crippen molar-refractivity contribution >= 4 is 39.4 Å². The quantitative estimate of drug-likeness (QED) is 0.728. The Morgan fingerprint density at radius 2 is 1.48 bits per heavy atom. The highest BCUT2D eigenvalue weighted by molar-refractivity contribution is 7.87. The fourth-order valence-corrected chi connectivity index (χ4v) is 4.56. The molecule has 162 valence electrons. The molecule has 0 aromatic heterocycles. The zero-order chi connectivity index (χ0) is 21.9. The van der Waals surface area contributed by atoms with E-state index in [9.17, 15) is 18.0 Å². The van der Waals surface area contributed by atoms with Crippen LogP contribution in [0.4, 0.5) is 10.5 Å². The van der Waals surface area contributed by atoms with E-state index in [-0.39, 0.29) is 30.8 Å². The van der Waals surface area contributed by atoms with Crippen molar-refractivity contribution < 1.29 is 18.0 Å². The van der Waals surface area contributed by atoms with E-state index in [1.165, 1.54) is 11.2 Å². The minimum atomic E-state index is -4.02. The van der Waals surface area contributed by atoms with Crippen molar-refractivity contribution in [3.05, 3.63) is 28.3 Å². The highest BCUT2D eigenvalue weighted by Crippen LogP contribution is 2.35. The lowest BCUT2D eigenvalue weighted by Crippen LogP contribution is -2.54. The van der Waals surface area contributed by atoms with Gasteiger partial charge in [-0.25, -0.2) is 9.52 Å². The van der Waals surface area contributed by atoms with Gasteiger partial charge in [0.1, 0.15) is 0 Å². The molecular weight excluding hydrogens is 416 g/mol. The number of carbonyl (C=O) groups excluding carboxylic acids is 2. The Balaban J connectivity index is 2.18. The maximum atomic E-state index is 12.6. The van der Waals surface area contributed by atoms with Crippen molar-refractivity contribution in [3.63, 3.8) is 0 Å². The average Bonchev–Trinajstić information content (AvgIpc) is 2.62. The van der Waals surface area contributed by atoms with Crippen molar-refractivity contribution in [3.8, 4) is 0 Å². The number of urea groups is 1. The average molecular weight is 445 g/mol. The molecule has 1 fully saturated rings. The summed E-state index contributed by atoms with van der Waals surface area (Å²) in [4.78, 5) is 25.5. The Labute approximate surface area is 177 Å². The van der Waals surface area contributed by atoms with E-state index in [1.807, 2.05) is 27.7 Å². The summed E-state index contributed by atoms with van der Waals surface area (Å²) in [6.07, 6.45) is 0. The van der Waals surface area contributed by atoms with Gasteiger partial charge in [0.15, 0.2) is 0 Å². The normalized spacial score (nSPS) is 15.7. The van der Waals surface area contributed by atoms with Crippen LogP contribution in [0.25, 0.3) is 0 Å². The van der Waals surface area contributed by atoms with Gasteiger partial charge in [0.05, 0.1) is 0 Å². The second-order valence-electron chi connectivity index (χ2n) is 7.73. The molecule has 2 rings (SSSR count). The van der Waals surface area contributed by atoms with Gasteiger partial charge in [0.25, 0.3) is 0 Å². The van der Waals surface area contributed by atoms with E-state index in [4.69, 9.17) is 11.6 Å². The molecule has 1 aliphatic heterocycles. The molecule has 10 heteroatoms. The molecule has 1 aromatic carbocycles. The number of nitrogens with one attached hydrogen (secondary N) is 2. The van der Waals surface area contributed by atoms with Gasteiger partial charge in [-0.3, -0.25) is 4.79 Å². The number of nitrogens with zero attached hydrogens (tertiary/aromatic N) is 2. The van der Waals surface area contributed by atoms with Crippen LogP contribution in [-0.4, -0.2) is 55.7 Å². The third kappa shape index (κ3) is 5.83. The van der Waals surface area contributed by atoms with Crippen molar-refractivity contribution in [2.75, 3.05) is 31.5 Å². The van der Waals surface area contributed by atoms with Crippen LogP contribution < -0.4 is 10.0 Å². The standard InChI is InChI=1S/C19H29ClN4O4S/c1-12(2)16-10-15(20)11-17(13(3)4)18(16)21-19(26)22-29(27,28)24-8-6-23(7-9-24)14(5)25/h10-13H,6-9H2,1-5H3,(H2,21,22,26). The van der Waals surface area contributed by atoms with Crippen LogP contribution in [0, 0.1) is 0 Å². The SMILES string of the molecule is CC(=O)N1CCN(S(=O)(=O)NC(=O)Nc2c(C(C)C)cc(Cl)cc2C(C)C)CC1. The molecule has 1 aliphatic rings. The van der Waals surface area contributed by atoms with E-state index in [1.54, 1.807) is 17.0 Å². The predicted octanol–water partition coefficient (Wildman–Crippen LogP) is 3.12. The fraction of sp³-hybridized carbons (Fsp3) is 0.579. The summed E-state index contributed by atoms with van der Waals surface area (Å²) in [5, 5.41) is 3.28. The number of rotatable bonds is 5. The first-order valence-electron chi connectivity index (χ1n) is 9.60. The molecule has 2 N–H and O–H groups in total. The summed E-state index contributed by atoms with van der Waals surface area (Å²) in [6, 6.07) is 2.73. The highest BCUT2D eigenvalue weighted by Gasteiger charge is 2.29. The van der Waals surface area contributed by atoms with Crippen LogP contribution in [0.15, 0.2) is 12.1 Å². The number of halogens is 1. The number of amides is 3. The van der Waals surface area contributed by atoms with E-state index < -0.39 is 16.2 Å². The first kappa shape index (κ1) is 23.4. The smallest absolute Gasteiger partial charge is 0.333 e. The van der Waals surface area contributed by atoms with E-state index in [0.717, 1.165) is 11.1 Å². The Kier molecular flexibility index (Phi) is 7.53. The van der Waals surface area contributed by atoms with Gasteiger partial charge >= 0.3 is 16.2 Å². The molecule has 0 saturated carbocycles. The molecule has 0 bridgehead atoms. The molecule has 0 spiro atoms. The van der Waals surface area contributed by atoms with Crippen molar-refractivity contribution in [2.45, 2.75) is 46.5 Å². The molecule has 0 aliphatic carbocycles. The summed E-state index contributed by atoms with van der Waals surface area (Å²) in [5.41, 5.74) is 2.25. The summed E-state index contributed by atoms with van der Waals surface area (Å²) in [6.45, 7) is 10.2. The van der Waals surface area contributed by atoms with Gasteiger partial charge < -0.3 is 10.2 Å². The van der Waals surface area contributed by atoms with Gasteiger partial charge in [-0.2, -0.15) is 12.7 Å². The Morgan fingerprint density at radius 1 is 1.00 bits per heavy atom. The second-order valence-corrected chi connectivity index (χ2v) is 9.84. The first-order chi connectivity index (χ1) is 13.4. The minimum absolute atomic E-state index is 0.0813. The van der Waals surface area contributed by atoms with Crippen LogP contribution in [0.1, 0.15) is 57.6 Å². The van der Waals surface area contributed by atoms with Gasteiger partial charge in [-0.05, 0) is 35.1 Å². The predicted molar refractivity (Wildman–Crippen MR) is 115 cm³/mol. The number of benzene rings is 1. The molecule has 1 saturated heterocycles. The molecule has 29 heavy (non-hydrogen) atoms. The summed E-state index contributed by atoms with van der Waals surface area (Å²) in [7, 11) is -4.02. The lowest BCUT2D eigenvalue weighted by atomic mass is 9.92. The van der Waals surface area contributed by atoms with Crippen LogP contribution in [0.5, 0.6) is 0 Å². The van der Waals surface area contributed by atoms with Crippen LogP contribution in [-0.2, 0) is 15.0 Å². The third-order valence-electron chi connectivity index (χ3n) is 4.89. The zero-order valence-corrected chi connectivity index (χ0v) is 19.0. The molecule has 1 heterocycles. The van der Waals surface area contributed by atoms with Gasteiger partial charge in [-0.15, -0.1) is 0 Å². The van der Waals surface area contributed by atoms with Gasteiger partial charge in [-0.1, -0.05) is 39.3 Å². The Bertz CT molecular complexity index is 849. The lowest BCUT2D eigenvalue weighted by Gasteiger charge is -2.33. The highest BCUT2D eigenvalue weighted by atomic mass is 35.5. The molecule has 1 aromatic rings. The largest absolute Gasteiger partial charge is 0.340 e. The molecule has 0 unspecified atom stereocenters. The summed E-state index contributed by atoms with van der Waals surface area (Å²) >= 11 is 6.23. The molecule has 3 amide bonds. The maximum absolute atomic E-state index is 12.6. The number of anilines is 1. The lowest BCUT2D eigenvalue weighted by molar-refractivity contribution is -0.129. The molecule has 0 atom stereocenters. The Hall–Kier alpha value is -1.84. The van der Waals surface area contributed by atoms with E-state index >= 15 is 0 Å². The van der Waals surface area contributed by atoms with Gasteiger partial charge in [0, 0.05) is 43.8 Å². The minimum Gasteiger partial charge on any atom is -0.340 e. The summed E-state index contributed by atoms with van der Waals surface area (Å²) < 4.78 is 28.4. The zero-order valence-electron chi connectivity index (χ0n) is 17.5. The van der Waals surface area contributed by atoms with Crippen LogP contribution in [0.2, 0.25) is 5.02 Å². The number of piperazine rings is 1. The number of hydrogen-bond donors (Lipinski definition) is 2. The molecule has 8 nitrogen and oxygen atoms in total. The number of hydrogen-bond acceptors (Lipinski definition) is 4. The molecular formula is C19H29ClN4O4S. The monoisotopic (exact) mass is 444 g/mol. The van der Waals surface area contributed by atoms with Crippen LogP contribution in [0.3, 0.4) is 0 Å². The first-order valence-corrected chi connectivity index (χ1v) is 11.4. The fourth-order valence-electron chi connectivity index (χ4n) is 3.27. The van der Waals surface area contributed by atoms with Gasteiger partial charge in [0.2, 0.25) is 5.91 Å². The third-order valence-corrected chi connectivity index (χ3v) is 6.60. The van der Waals surface area contributed by atoms with E-state index in [2.05, 4.69) is 10.0 Å². The van der Waals surface area contributed by atoms with E-state index in [0.29, 0.717) is 23.8 Å². The topological polar surface area (TPSA) is 98.8 Å². The maximum Gasteiger partial charge on any atom is 0.333 e. The number of carbonyl (C=O) groups is 2. The molecule has 0 radical (unpaired) electrons. The van der Waals surface area contributed by atoms with Crippen molar-refractivity contribution in [1.82, 2.24) is 13.9 Å². The van der Waals surface area contributed by atoms with Crippen LogP contribution >= 0.6 is 11.6 Å².